The lowest BCUT2D eigenvalue weighted by Gasteiger charge is -2.17. The highest BCUT2D eigenvalue weighted by Gasteiger charge is 2.09. The molecule has 0 spiro atoms. The Bertz CT molecular complexity index is 316. The van der Waals surface area contributed by atoms with Gasteiger partial charge in [-0.25, -0.2) is 4.39 Å². The molecule has 0 radical (unpaired) electrons. The van der Waals surface area contributed by atoms with Crippen LogP contribution in [0.4, 0.5) is 4.39 Å². The first-order valence-corrected chi connectivity index (χ1v) is 5.88. The molecule has 1 aromatic carbocycles. The summed E-state index contributed by atoms with van der Waals surface area (Å²) < 4.78 is 17.9. The third-order valence-corrected chi connectivity index (χ3v) is 2.49. The lowest BCUT2D eigenvalue weighted by Crippen LogP contribution is -2.33. The summed E-state index contributed by atoms with van der Waals surface area (Å²) >= 11 is 0. The molecule has 0 fully saturated rings. The topological polar surface area (TPSA) is 41.5 Å². The van der Waals surface area contributed by atoms with Gasteiger partial charge in [-0.15, -0.1) is 0 Å². The minimum atomic E-state index is -0.625. The number of ether oxygens (including phenoxy) is 1. The number of halogens is 1. The average molecular weight is 241 g/mol. The average Bonchev–Trinajstić information content (AvgIpc) is 2.34. The molecule has 0 saturated heterocycles. The molecule has 3 nitrogen and oxygen atoms in total. The van der Waals surface area contributed by atoms with Gasteiger partial charge >= 0.3 is 0 Å². The monoisotopic (exact) mass is 241 g/mol. The smallest absolute Gasteiger partial charge is 0.123 e. The molecule has 1 rings (SSSR count). The van der Waals surface area contributed by atoms with Crippen molar-refractivity contribution >= 4 is 0 Å². The quantitative estimate of drug-likeness (QED) is 0.765. The largest absolute Gasteiger partial charge is 0.387 e. The highest BCUT2D eigenvalue weighted by Crippen LogP contribution is 2.12. The molecule has 17 heavy (non-hydrogen) atoms. The van der Waals surface area contributed by atoms with E-state index in [9.17, 15) is 9.50 Å². The predicted molar refractivity (Wildman–Crippen MR) is 65.3 cm³/mol. The van der Waals surface area contributed by atoms with E-state index >= 15 is 0 Å². The zero-order valence-electron chi connectivity index (χ0n) is 10.3. The zero-order valence-corrected chi connectivity index (χ0v) is 10.3. The maximum Gasteiger partial charge on any atom is 0.123 e. The van der Waals surface area contributed by atoms with Crippen LogP contribution in [0.5, 0.6) is 0 Å². The Morgan fingerprint density at radius 1 is 1.35 bits per heavy atom. The summed E-state index contributed by atoms with van der Waals surface area (Å²) in [5.74, 6) is -0.293. The van der Waals surface area contributed by atoms with Gasteiger partial charge in [0.15, 0.2) is 0 Å². The van der Waals surface area contributed by atoms with Crippen molar-refractivity contribution in [1.82, 2.24) is 5.32 Å². The molecule has 0 aliphatic rings. The Balaban J connectivity index is 2.34. The van der Waals surface area contributed by atoms with Crippen LogP contribution in [0.15, 0.2) is 24.3 Å². The normalized spacial score (nSPS) is 14.6. The number of benzene rings is 1. The standard InChI is InChI=1S/C13H20FNO2/c1-3-17-9-10(2)15-8-13(16)11-4-6-12(14)7-5-11/h4-7,10,13,15-16H,3,8-9H2,1-2H3. The van der Waals surface area contributed by atoms with E-state index in [2.05, 4.69) is 5.32 Å². The van der Waals surface area contributed by atoms with Gasteiger partial charge < -0.3 is 15.2 Å². The number of nitrogens with one attached hydrogen (secondary N) is 1. The van der Waals surface area contributed by atoms with Crippen LogP contribution in [0, 0.1) is 5.82 Å². The first kappa shape index (κ1) is 14.1. The van der Waals surface area contributed by atoms with E-state index in [0.29, 0.717) is 25.3 Å². The third-order valence-electron chi connectivity index (χ3n) is 2.49. The second-order valence-corrected chi connectivity index (χ2v) is 4.04. The molecule has 0 aromatic heterocycles. The molecule has 0 amide bonds. The van der Waals surface area contributed by atoms with Crippen LogP contribution in [-0.2, 0) is 4.74 Å². The summed E-state index contributed by atoms with van der Waals surface area (Å²) in [6.07, 6.45) is -0.625. The minimum absolute atomic E-state index is 0.185. The fourth-order valence-corrected chi connectivity index (χ4v) is 1.47. The predicted octanol–water partition coefficient (Wildman–Crippen LogP) is 1.87. The molecule has 0 aliphatic heterocycles. The van der Waals surface area contributed by atoms with Gasteiger partial charge in [0, 0.05) is 19.2 Å². The van der Waals surface area contributed by atoms with E-state index in [1.54, 1.807) is 12.1 Å². The molecule has 0 aliphatic carbocycles. The molecule has 2 atom stereocenters. The van der Waals surface area contributed by atoms with Gasteiger partial charge in [-0.1, -0.05) is 12.1 Å². The molecule has 0 saturated carbocycles. The molecular formula is C13H20FNO2. The molecule has 2 unspecified atom stereocenters. The maximum atomic E-state index is 12.7. The van der Waals surface area contributed by atoms with Crippen molar-refractivity contribution in [1.29, 1.82) is 0 Å². The molecule has 2 N–H and O–H groups in total. The highest BCUT2D eigenvalue weighted by molar-refractivity contribution is 5.18. The van der Waals surface area contributed by atoms with E-state index in [0.717, 1.165) is 0 Å². The summed E-state index contributed by atoms with van der Waals surface area (Å²) in [5.41, 5.74) is 0.711. The molecule has 0 bridgehead atoms. The molecular weight excluding hydrogens is 221 g/mol. The Kier molecular flexibility index (Phi) is 6.11. The molecule has 4 heteroatoms. The van der Waals surface area contributed by atoms with Crippen LogP contribution in [0.1, 0.15) is 25.5 Å². The van der Waals surface area contributed by atoms with Gasteiger partial charge in [0.1, 0.15) is 5.82 Å². The van der Waals surface area contributed by atoms with E-state index in [1.807, 2.05) is 13.8 Å². The lowest BCUT2D eigenvalue weighted by molar-refractivity contribution is 0.116. The van der Waals surface area contributed by atoms with Crippen molar-refractivity contribution in [3.8, 4) is 0 Å². The lowest BCUT2D eigenvalue weighted by atomic mass is 10.1. The second-order valence-electron chi connectivity index (χ2n) is 4.04. The van der Waals surface area contributed by atoms with E-state index in [1.165, 1.54) is 12.1 Å². The minimum Gasteiger partial charge on any atom is -0.387 e. The Morgan fingerprint density at radius 2 is 2.00 bits per heavy atom. The van der Waals surface area contributed by atoms with Crippen LogP contribution < -0.4 is 5.32 Å². The second kappa shape index (κ2) is 7.37. The van der Waals surface area contributed by atoms with Crippen LogP contribution in [0.25, 0.3) is 0 Å². The summed E-state index contributed by atoms with van der Waals surface area (Å²) in [6.45, 7) is 5.67. The Morgan fingerprint density at radius 3 is 2.59 bits per heavy atom. The van der Waals surface area contributed by atoms with Crippen molar-refractivity contribution in [3.05, 3.63) is 35.6 Å². The maximum absolute atomic E-state index is 12.7. The summed E-state index contributed by atoms with van der Waals surface area (Å²) in [4.78, 5) is 0. The first-order chi connectivity index (χ1) is 8.13. The number of rotatable bonds is 7. The Labute approximate surface area is 102 Å². The van der Waals surface area contributed by atoms with E-state index in [4.69, 9.17) is 4.74 Å². The van der Waals surface area contributed by atoms with Crippen molar-refractivity contribution < 1.29 is 14.2 Å². The van der Waals surface area contributed by atoms with Gasteiger partial charge in [0.25, 0.3) is 0 Å². The summed E-state index contributed by atoms with van der Waals surface area (Å²) in [6, 6.07) is 6.07. The zero-order chi connectivity index (χ0) is 12.7. The third kappa shape index (κ3) is 5.26. The van der Waals surface area contributed by atoms with Crippen LogP contribution in [0.2, 0.25) is 0 Å². The number of aliphatic hydroxyl groups excluding tert-OH is 1. The number of hydrogen-bond donors (Lipinski definition) is 2. The fourth-order valence-electron chi connectivity index (χ4n) is 1.47. The van der Waals surface area contributed by atoms with Gasteiger partial charge in [-0.2, -0.15) is 0 Å². The van der Waals surface area contributed by atoms with Crippen molar-refractivity contribution in [2.24, 2.45) is 0 Å². The highest BCUT2D eigenvalue weighted by atomic mass is 19.1. The summed E-state index contributed by atoms with van der Waals surface area (Å²) in [5, 5.41) is 13.0. The van der Waals surface area contributed by atoms with E-state index < -0.39 is 6.10 Å². The first-order valence-electron chi connectivity index (χ1n) is 5.88. The van der Waals surface area contributed by atoms with Crippen molar-refractivity contribution in [2.45, 2.75) is 26.0 Å². The molecule has 1 aromatic rings. The SMILES string of the molecule is CCOCC(C)NCC(O)c1ccc(F)cc1. The van der Waals surface area contributed by atoms with E-state index in [-0.39, 0.29) is 11.9 Å². The number of aliphatic hydroxyl groups is 1. The van der Waals surface area contributed by atoms with Gasteiger partial charge in [-0.05, 0) is 31.5 Å². The van der Waals surface area contributed by atoms with Gasteiger partial charge in [0.2, 0.25) is 0 Å². The van der Waals surface area contributed by atoms with Gasteiger partial charge in [-0.3, -0.25) is 0 Å². The van der Waals surface area contributed by atoms with Crippen molar-refractivity contribution in [3.63, 3.8) is 0 Å². The van der Waals surface area contributed by atoms with Crippen LogP contribution >= 0.6 is 0 Å². The Hall–Kier alpha value is -0.970. The van der Waals surface area contributed by atoms with Gasteiger partial charge in [0.05, 0.1) is 12.7 Å². The number of hydrogen-bond acceptors (Lipinski definition) is 3. The summed E-state index contributed by atoms with van der Waals surface area (Å²) in [7, 11) is 0. The van der Waals surface area contributed by atoms with Crippen LogP contribution in [-0.4, -0.2) is 30.9 Å². The molecule has 96 valence electrons. The van der Waals surface area contributed by atoms with Crippen LogP contribution in [0.3, 0.4) is 0 Å². The fraction of sp³-hybridized carbons (Fsp3) is 0.538. The molecule has 0 heterocycles. The van der Waals surface area contributed by atoms with Crippen molar-refractivity contribution in [2.75, 3.05) is 19.8 Å².